The predicted octanol–water partition coefficient (Wildman–Crippen LogP) is 8.11. The van der Waals surface area contributed by atoms with Crippen molar-refractivity contribution < 1.29 is 68.6 Å². The third kappa shape index (κ3) is 70.4. The summed E-state index contributed by atoms with van der Waals surface area (Å²) in [5, 5.41) is 17.0. The first-order valence-electron chi connectivity index (χ1n) is 18.7. The third-order valence-corrected chi connectivity index (χ3v) is 7.99. The minimum atomic E-state index is -4.89. The van der Waals surface area contributed by atoms with Crippen LogP contribution in [-0.2, 0) is 14.2 Å². The van der Waals surface area contributed by atoms with Gasteiger partial charge in [-0.3, -0.25) is 14.2 Å². The van der Waals surface area contributed by atoms with Gasteiger partial charge in [-0.25, -0.2) is 0 Å². The van der Waals surface area contributed by atoms with Gasteiger partial charge in [0.05, 0.1) is 0 Å². The van der Waals surface area contributed by atoms with Crippen LogP contribution in [0.2, 0.25) is 0 Å². The van der Waals surface area contributed by atoms with Crippen molar-refractivity contribution >= 4 is 19.8 Å². The molecule has 0 saturated carbocycles. The molecule has 0 unspecified atom stereocenters. The van der Waals surface area contributed by atoms with Crippen LogP contribution >= 0.6 is 7.82 Å². The summed E-state index contributed by atoms with van der Waals surface area (Å²) in [4.78, 5) is 43.6. The first kappa shape index (κ1) is 52.9. The van der Waals surface area contributed by atoms with Crippen LogP contribution in [0.1, 0.15) is 219 Å². The quantitative estimate of drug-likeness (QED) is 0.0314. The van der Waals surface area contributed by atoms with E-state index in [0.29, 0.717) is 12.8 Å². The molecule has 272 valence electrons. The van der Waals surface area contributed by atoms with E-state index in [1.54, 1.807) is 0 Å². The van der Waals surface area contributed by atoms with Gasteiger partial charge in [-0.2, -0.15) is 0 Å². The van der Waals surface area contributed by atoms with Crippen LogP contribution in [-0.4, -0.2) is 31.9 Å². The van der Waals surface area contributed by atoms with Gasteiger partial charge in [0.15, 0.2) is 0 Å². The second-order valence-corrected chi connectivity index (χ2v) is 13.7. The van der Waals surface area contributed by atoms with Crippen LogP contribution < -0.4 is 34.5 Å². The summed E-state index contributed by atoms with van der Waals surface area (Å²) in [6.45, 7) is 4.54. The Balaban J connectivity index is -0.000000327. The fourth-order valence-electron chi connectivity index (χ4n) is 5.30. The Morgan fingerprint density at radius 3 is 0.674 bits per heavy atom. The van der Waals surface area contributed by atoms with Gasteiger partial charge >= 0.3 is 41.5 Å². The molecule has 0 aliphatic heterocycles. The van der Waals surface area contributed by atoms with Crippen molar-refractivity contribution in [3.63, 3.8) is 0 Å². The van der Waals surface area contributed by atoms with E-state index in [4.69, 9.17) is 29.5 Å². The number of carboxylic acids is 2. The standard InChI is InChI=1S/2C18H36O2.Na.H3O4P/c2*1-2-3-4-5-6-7-8-9-10-11-12-13-14-15-16-17-18(19)20;;1-5(2,3)4/h2*2-17H2,1H3,(H,19,20);;(H3,1,2,3,4)/q;;+1;/p-1. The number of carbonyl (C=O) groups is 2. The Bertz CT molecular complexity index is 593. The van der Waals surface area contributed by atoms with Gasteiger partial charge in [-0.1, -0.05) is 194 Å². The maximum Gasteiger partial charge on any atom is 1.00 e. The first-order chi connectivity index (χ1) is 21.5. The molecule has 0 heterocycles. The maximum atomic E-state index is 10.3. The van der Waals surface area contributed by atoms with Crippen molar-refractivity contribution in [1.29, 1.82) is 0 Å². The summed E-state index contributed by atoms with van der Waals surface area (Å²) in [7, 11) is -4.89. The van der Waals surface area contributed by atoms with Crippen molar-refractivity contribution in [2.45, 2.75) is 219 Å². The minimum absolute atomic E-state index is 0. The molecule has 0 aromatic carbocycles. The minimum Gasteiger partial charge on any atom is -0.756 e. The van der Waals surface area contributed by atoms with Crippen molar-refractivity contribution in [3.05, 3.63) is 0 Å². The normalized spacial score (nSPS) is 10.7. The second-order valence-electron chi connectivity index (χ2n) is 12.7. The Morgan fingerprint density at radius 1 is 0.413 bits per heavy atom. The van der Waals surface area contributed by atoms with Gasteiger partial charge in [0.1, 0.15) is 0 Å². The monoisotopic (exact) mass is 689 g/mol. The zero-order valence-corrected chi connectivity index (χ0v) is 33.4. The van der Waals surface area contributed by atoms with Crippen molar-refractivity contribution in [2.75, 3.05) is 0 Å². The number of rotatable bonds is 32. The van der Waals surface area contributed by atoms with Crippen molar-refractivity contribution in [1.82, 2.24) is 0 Å². The molecule has 8 nitrogen and oxygen atoms in total. The molecular formula is C36H74NaO8P. The van der Waals surface area contributed by atoms with Crippen molar-refractivity contribution in [2.24, 2.45) is 0 Å². The van der Waals surface area contributed by atoms with E-state index in [9.17, 15) is 9.59 Å². The van der Waals surface area contributed by atoms with E-state index in [1.807, 2.05) is 0 Å². The zero-order chi connectivity index (χ0) is 34.3. The topological polar surface area (TPSA) is 155 Å². The largest absolute Gasteiger partial charge is 1.00 e. The zero-order valence-electron chi connectivity index (χ0n) is 30.5. The molecule has 0 saturated heterocycles. The molecule has 0 aliphatic carbocycles. The molecule has 0 fully saturated rings. The van der Waals surface area contributed by atoms with Crippen LogP contribution in [0.25, 0.3) is 0 Å². The molecule has 46 heavy (non-hydrogen) atoms. The molecule has 0 aromatic rings. The average Bonchev–Trinajstić information content (AvgIpc) is 2.96. The van der Waals surface area contributed by atoms with E-state index >= 15 is 0 Å². The van der Waals surface area contributed by atoms with Gasteiger partial charge in [-0.15, -0.1) is 0 Å². The number of hydrogen-bond donors (Lipinski definition) is 4. The summed E-state index contributed by atoms with van der Waals surface area (Å²) in [5.41, 5.74) is 0. The van der Waals surface area contributed by atoms with Gasteiger partial charge in [0.25, 0.3) is 7.82 Å². The number of carboxylic acid groups (broad SMARTS) is 2. The second kappa shape index (κ2) is 45.0. The molecule has 0 spiro atoms. The van der Waals surface area contributed by atoms with Gasteiger partial charge < -0.3 is 24.9 Å². The Morgan fingerprint density at radius 2 is 0.543 bits per heavy atom. The van der Waals surface area contributed by atoms with E-state index in [1.165, 1.54) is 167 Å². The molecule has 0 bridgehead atoms. The smallest absolute Gasteiger partial charge is 0.756 e. The van der Waals surface area contributed by atoms with Gasteiger partial charge in [0.2, 0.25) is 0 Å². The summed E-state index contributed by atoms with van der Waals surface area (Å²) in [6, 6.07) is 0. The fraction of sp³-hybridized carbons (Fsp3) is 0.944. The molecule has 0 aromatic heterocycles. The molecule has 0 atom stereocenters. The molecular weight excluding hydrogens is 614 g/mol. The van der Waals surface area contributed by atoms with E-state index < -0.39 is 19.8 Å². The number of aliphatic carboxylic acids is 2. The summed E-state index contributed by atoms with van der Waals surface area (Å²) >= 11 is 0. The number of unbranched alkanes of at least 4 members (excludes halogenated alkanes) is 28. The maximum absolute atomic E-state index is 10.3. The molecule has 10 heteroatoms. The Hall–Kier alpha value is 0.0500. The van der Waals surface area contributed by atoms with Crippen molar-refractivity contribution in [3.8, 4) is 0 Å². The fourth-order valence-corrected chi connectivity index (χ4v) is 5.30. The third-order valence-electron chi connectivity index (χ3n) is 7.99. The first-order valence-corrected chi connectivity index (χ1v) is 20.3. The molecule has 0 radical (unpaired) electrons. The van der Waals surface area contributed by atoms with Crippen LogP contribution in [0.3, 0.4) is 0 Å². The van der Waals surface area contributed by atoms with E-state index in [2.05, 4.69) is 13.8 Å². The molecule has 0 aliphatic rings. The summed E-state index contributed by atoms with van der Waals surface area (Å²) < 4.78 is 8.77. The average molecular weight is 689 g/mol. The summed E-state index contributed by atoms with van der Waals surface area (Å²) in [6.07, 6.45) is 40.4. The summed E-state index contributed by atoms with van der Waals surface area (Å²) in [5.74, 6) is -1.31. The number of phosphoric acid groups is 1. The van der Waals surface area contributed by atoms with Crippen LogP contribution in [0.15, 0.2) is 0 Å². The molecule has 0 amide bonds. The Labute approximate surface area is 306 Å². The van der Waals surface area contributed by atoms with Gasteiger partial charge in [-0.05, 0) is 12.8 Å². The van der Waals surface area contributed by atoms with Crippen LogP contribution in [0, 0.1) is 0 Å². The van der Waals surface area contributed by atoms with Gasteiger partial charge in [0, 0.05) is 12.8 Å². The molecule has 4 N–H and O–H groups in total. The van der Waals surface area contributed by atoms with E-state index in [-0.39, 0.29) is 29.6 Å². The number of hydrogen-bond acceptors (Lipinski definition) is 4. The van der Waals surface area contributed by atoms with Crippen LogP contribution in [0.4, 0.5) is 0 Å². The molecule has 0 rings (SSSR count). The predicted molar refractivity (Wildman–Crippen MR) is 186 cm³/mol. The van der Waals surface area contributed by atoms with E-state index in [0.717, 1.165) is 25.7 Å². The SMILES string of the molecule is CCCCCCCCCCCCCCCCCC(=O)O.CCCCCCCCCCCCCCCCCC(=O)O.O=P([O-])(O)O.[Na+]. The Kier molecular flexibility index (Phi) is 51.8. The van der Waals surface area contributed by atoms with Crippen LogP contribution in [0.5, 0.6) is 0 Å².